The van der Waals surface area contributed by atoms with Gasteiger partial charge in [0.05, 0.1) is 5.60 Å². The molecule has 3 saturated carbocycles. The third-order valence-electron chi connectivity index (χ3n) is 8.19. The monoisotopic (exact) mass is 334 g/mol. The molecule has 0 amide bonds. The lowest BCUT2D eigenvalue weighted by molar-refractivity contribution is -0.246. The van der Waals surface area contributed by atoms with Crippen LogP contribution in [0.25, 0.3) is 0 Å². The van der Waals surface area contributed by atoms with Crippen LogP contribution in [0.1, 0.15) is 71.6 Å². The fourth-order valence-electron chi connectivity index (χ4n) is 7.14. The van der Waals surface area contributed by atoms with Crippen molar-refractivity contribution >= 4 is 0 Å². The van der Waals surface area contributed by atoms with E-state index in [-0.39, 0.29) is 0 Å². The predicted octanol–water partition coefficient (Wildman–Crippen LogP) is 4.44. The molecule has 0 heterocycles. The second-order valence-corrected chi connectivity index (χ2v) is 9.36. The summed E-state index contributed by atoms with van der Waals surface area (Å²) in [6, 6.07) is 0. The van der Waals surface area contributed by atoms with E-state index < -0.39 is 11.4 Å². The number of methoxy groups -OCH3 is 2. The Morgan fingerprint density at radius 3 is 2.54 bits per heavy atom. The molecule has 4 aliphatic carbocycles. The topological polar surface area (TPSA) is 38.7 Å². The van der Waals surface area contributed by atoms with E-state index in [0.29, 0.717) is 23.7 Å². The van der Waals surface area contributed by atoms with Crippen molar-refractivity contribution in [2.45, 2.75) is 83.0 Å². The molecule has 24 heavy (non-hydrogen) atoms. The number of hydrogen-bond acceptors (Lipinski definition) is 3. The molecule has 4 aliphatic rings. The maximum Gasteiger partial charge on any atom is 0.170 e. The molecule has 0 aromatic carbocycles. The molecule has 5 atom stereocenters. The van der Waals surface area contributed by atoms with Crippen LogP contribution in [0, 0.1) is 23.2 Å². The fourth-order valence-corrected chi connectivity index (χ4v) is 7.14. The molecular formula is C21H34O3. The van der Waals surface area contributed by atoms with Crippen molar-refractivity contribution in [1.29, 1.82) is 0 Å². The van der Waals surface area contributed by atoms with E-state index >= 15 is 0 Å². The van der Waals surface area contributed by atoms with Crippen molar-refractivity contribution < 1.29 is 14.6 Å². The molecule has 0 aromatic rings. The van der Waals surface area contributed by atoms with E-state index in [1.807, 2.05) is 0 Å². The highest BCUT2D eigenvalue weighted by molar-refractivity contribution is 5.36. The third kappa shape index (κ3) is 2.27. The minimum absolute atomic E-state index is 0.543. The smallest absolute Gasteiger partial charge is 0.170 e. The van der Waals surface area contributed by atoms with Crippen LogP contribution < -0.4 is 0 Å². The molecule has 0 aliphatic heterocycles. The van der Waals surface area contributed by atoms with E-state index in [1.165, 1.54) is 31.3 Å². The highest BCUT2D eigenvalue weighted by atomic mass is 16.7. The standard InChI is InChI=1S/C21H34O3/c1-14-12-19(2)9-5-6-16(19)15-7-10-20(22)13-21(23-3,24-4)11-8-17(20)18(14)15/h14-16,22H,5-13H2,1-4H3/t14-,15-,16-,19-,20+/m0/s1. The van der Waals surface area contributed by atoms with Gasteiger partial charge in [-0.05, 0) is 67.3 Å². The van der Waals surface area contributed by atoms with E-state index in [2.05, 4.69) is 13.8 Å². The Morgan fingerprint density at radius 1 is 1.08 bits per heavy atom. The number of hydrogen-bond donors (Lipinski definition) is 1. The van der Waals surface area contributed by atoms with Crippen molar-refractivity contribution in [3.63, 3.8) is 0 Å². The highest BCUT2D eigenvalue weighted by Gasteiger charge is 2.56. The van der Waals surface area contributed by atoms with Crippen LogP contribution in [-0.4, -0.2) is 30.7 Å². The summed E-state index contributed by atoms with van der Waals surface area (Å²) in [5.41, 5.74) is 2.83. The van der Waals surface area contributed by atoms with Gasteiger partial charge in [-0.1, -0.05) is 25.8 Å². The first-order chi connectivity index (χ1) is 11.4. The molecular weight excluding hydrogens is 300 g/mol. The molecule has 0 saturated heterocycles. The summed E-state index contributed by atoms with van der Waals surface area (Å²) in [5.74, 6) is 1.57. The Hall–Kier alpha value is -0.380. The molecule has 3 nitrogen and oxygen atoms in total. The minimum Gasteiger partial charge on any atom is -0.385 e. The zero-order valence-corrected chi connectivity index (χ0v) is 15.9. The van der Waals surface area contributed by atoms with Gasteiger partial charge in [0.1, 0.15) is 0 Å². The normalized spacial score (nSPS) is 47.1. The summed E-state index contributed by atoms with van der Waals surface area (Å²) in [6.07, 6.45) is 9.91. The van der Waals surface area contributed by atoms with E-state index in [0.717, 1.165) is 31.6 Å². The van der Waals surface area contributed by atoms with Gasteiger partial charge in [-0.25, -0.2) is 0 Å². The summed E-state index contributed by atoms with van der Waals surface area (Å²) in [7, 11) is 3.42. The van der Waals surface area contributed by atoms with Crippen molar-refractivity contribution in [1.82, 2.24) is 0 Å². The zero-order valence-electron chi connectivity index (χ0n) is 15.9. The van der Waals surface area contributed by atoms with E-state index in [9.17, 15) is 5.11 Å². The number of aliphatic hydroxyl groups is 1. The van der Waals surface area contributed by atoms with Crippen LogP contribution in [0.3, 0.4) is 0 Å². The molecule has 0 spiro atoms. The average Bonchev–Trinajstić information content (AvgIpc) is 2.94. The molecule has 0 bridgehead atoms. The molecule has 0 aromatic heterocycles. The molecule has 0 radical (unpaired) electrons. The lowest BCUT2D eigenvalue weighted by Crippen LogP contribution is -2.53. The number of ether oxygens (including phenoxy) is 2. The summed E-state index contributed by atoms with van der Waals surface area (Å²) >= 11 is 0. The third-order valence-corrected chi connectivity index (χ3v) is 8.19. The molecule has 4 rings (SSSR count). The van der Waals surface area contributed by atoms with Crippen LogP contribution in [-0.2, 0) is 9.47 Å². The van der Waals surface area contributed by atoms with Crippen molar-refractivity contribution in [3.05, 3.63) is 11.1 Å². The van der Waals surface area contributed by atoms with Crippen LogP contribution in [0.5, 0.6) is 0 Å². The molecule has 1 N–H and O–H groups in total. The molecule has 136 valence electrons. The first kappa shape index (κ1) is 17.1. The summed E-state index contributed by atoms with van der Waals surface area (Å²) < 4.78 is 11.4. The Morgan fingerprint density at radius 2 is 1.83 bits per heavy atom. The van der Waals surface area contributed by atoms with E-state index in [4.69, 9.17) is 9.47 Å². The second-order valence-electron chi connectivity index (χ2n) is 9.36. The maximum atomic E-state index is 11.5. The van der Waals surface area contributed by atoms with Gasteiger partial charge in [0.2, 0.25) is 0 Å². The first-order valence-electron chi connectivity index (χ1n) is 9.92. The van der Waals surface area contributed by atoms with Gasteiger partial charge in [0.15, 0.2) is 5.79 Å². The fraction of sp³-hybridized carbons (Fsp3) is 0.905. The van der Waals surface area contributed by atoms with Crippen LogP contribution in [0.2, 0.25) is 0 Å². The molecule has 3 heteroatoms. The minimum atomic E-state index is -0.712. The Kier molecular flexibility index (Phi) is 3.95. The average molecular weight is 335 g/mol. The van der Waals surface area contributed by atoms with Gasteiger partial charge < -0.3 is 14.6 Å². The summed E-state index contributed by atoms with van der Waals surface area (Å²) in [4.78, 5) is 0. The van der Waals surface area contributed by atoms with E-state index in [1.54, 1.807) is 19.8 Å². The number of allylic oxidation sites excluding steroid dienone is 1. The van der Waals surface area contributed by atoms with Crippen molar-refractivity contribution in [3.8, 4) is 0 Å². The van der Waals surface area contributed by atoms with Crippen molar-refractivity contribution in [2.75, 3.05) is 14.2 Å². The summed E-state index contributed by atoms with van der Waals surface area (Å²) in [5, 5.41) is 11.5. The first-order valence-corrected chi connectivity index (χ1v) is 9.92. The molecule has 0 unspecified atom stereocenters. The zero-order chi connectivity index (χ0) is 17.2. The Bertz CT molecular complexity index is 549. The summed E-state index contributed by atoms with van der Waals surface area (Å²) in [6.45, 7) is 4.94. The Balaban J connectivity index is 1.73. The quantitative estimate of drug-likeness (QED) is 0.599. The van der Waals surface area contributed by atoms with Gasteiger partial charge in [-0.2, -0.15) is 0 Å². The lowest BCUT2D eigenvalue weighted by Gasteiger charge is -2.55. The number of rotatable bonds is 2. The lowest BCUT2D eigenvalue weighted by atomic mass is 9.52. The largest absolute Gasteiger partial charge is 0.385 e. The SMILES string of the molecule is COC1(OC)CCC2=C3[C@@H](CC[C@@]2(O)C1)[C@@H]1CCC[C@@]1(C)C[C@@H]3C. The van der Waals surface area contributed by atoms with Crippen molar-refractivity contribution in [2.24, 2.45) is 23.2 Å². The highest BCUT2D eigenvalue weighted by Crippen LogP contribution is 2.63. The second kappa shape index (κ2) is 5.56. The van der Waals surface area contributed by atoms with Crippen LogP contribution >= 0.6 is 0 Å². The van der Waals surface area contributed by atoms with Gasteiger partial charge in [-0.15, -0.1) is 0 Å². The van der Waals surface area contributed by atoms with Crippen LogP contribution in [0.15, 0.2) is 11.1 Å². The Labute approximate surface area is 146 Å². The van der Waals surface area contributed by atoms with Gasteiger partial charge in [0, 0.05) is 27.1 Å². The predicted molar refractivity (Wildman–Crippen MR) is 94.5 cm³/mol. The van der Waals surface area contributed by atoms with Crippen LogP contribution in [0.4, 0.5) is 0 Å². The number of fused-ring (bicyclic) bond motifs is 4. The maximum absolute atomic E-state index is 11.5. The van der Waals surface area contributed by atoms with Gasteiger partial charge in [-0.3, -0.25) is 0 Å². The molecule has 3 fully saturated rings. The van der Waals surface area contributed by atoms with Gasteiger partial charge in [0.25, 0.3) is 0 Å². The van der Waals surface area contributed by atoms with Gasteiger partial charge >= 0.3 is 0 Å².